The van der Waals surface area contributed by atoms with Crippen molar-refractivity contribution in [1.82, 2.24) is 4.98 Å². The van der Waals surface area contributed by atoms with E-state index >= 15 is 0 Å². The van der Waals surface area contributed by atoms with Crippen LogP contribution in [0.2, 0.25) is 0 Å². The maximum absolute atomic E-state index is 14.1. The van der Waals surface area contributed by atoms with Crippen LogP contribution in [0.5, 0.6) is 5.75 Å². The van der Waals surface area contributed by atoms with Gasteiger partial charge in [-0.05, 0) is 41.5 Å². The third-order valence-corrected chi connectivity index (χ3v) is 4.50. The summed E-state index contributed by atoms with van der Waals surface area (Å²) in [5.41, 5.74) is 5.10. The van der Waals surface area contributed by atoms with Gasteiger partial charge < -0.3 is 10.5 Å². The molecule has 0 aliphatic heterocycles. The van der Waals surface area contributed by atoms with E-state index < -0.39 is 23.1 Å². The summed E-state index contributed by atoms with van der Waals surface area (Å²) in [5.74, 6) is -0.540. The molecule has 2 aromatic carbocycles. The van der Waals surface area contributed by atoms with Crippen LogP contribution in [0.25, 0.3) is 0 Å². The topological polar surface area (TPSA) is 48.1 Å². The minimum Gasteiger partial charge on any atom is -0.495 e. The first kappa shape index (κ1) is 19.8. The number of pyridine rings is 1. The van der Waals surface area contributed by atoms with E-state index in [2.05, 4.69) is 4.98 Å². The van der Waals surface area contributed by atoms with Crippen molar-refractivity contribution < 1.29 is 22.3 Å². The summed E-state index contributed by atoms with van der Waals surface area (Å²) in [6.07, 6.45) is -3.14. The Morgan fingerprint density at radius 2 is 1.64 bits per heavy atom. The highest BCUT2D eigenvalue weighted by atomic mass is 19.4. The Bertz CT molecular complexity index is 943. The number of rotatable bonds is 5. The number of halogens is 4. The highest BCUT2D eigenvalue weighted by Crippen LogP contribution is 2.36. The van der Waals surface area contributed by atoms with Crippen molar-refractivity contribution in [2.45, 2.75) is 18.1 Å². The minimum atomic E-state index is -4.70. The lowest BCUT2D eigenvalue weighted by molar-refractivity contribution is -0.137. The number of hydrogen-bond donors (Lipinski definition) is 1. The normalized spacial score (nSPS) is 13.8. The van der Waals surface area contributed by atoms with Crippen molar-refractivity contribution in [3.8, 4) is 5.75 Å². The molecule has 1 heterocycles. The highest BCUT2D eigenvalue weighted by Gasteiger charge is 2.37. The van der Waals surface area contributed by atoms with Crippen molar-refractivity contribution in [1.29, 1.82) is 0 Å². The zero-order valence-electron chi connectivity index (χ0n) is 15.0. The fourth-order valence-corrected chi connectivity index (χ4v) is 3.03. The molecular formula is C21H18F4N2O. The predicted octanol–water partition coefficient (Wildman–Crippen LogP) is 4.69. The van der Waals surface area contributed by atoms with Crippen molar-refractivity contribution in [2.75, 3.05) is 7.11 Å². The number of methoxy groups -OCH3 is 1. The molecule has 2 N–H and O–H groups in total. The van der Waals surface area contributed by atoms with E-state index in [-0.39, 0.29) is 12.0 Å². The molecule has 0 saturated carbocycles. The fourth-order valence-electron chi connectivity index (χ4n) is 3.03. The van der Waals surface area contributed by atoms with Crippen molar-refractivity contribution >= 4 is 0 Å². The van der Waals surface area contributed by atoms with E-state index in [1.165, 1.54) is 13.3 Å². The molecule has 0 radical (unpaired) electrons. The average Bonchev–Trinajstić information content (AvgIpc) is 2.67. The predicted molar refractivity (Wildman–Crippen MR) is 97.3 cm³/mol. The number of nitrogens with zero attached hydrogens (tertiary/aromatic N) is 1. The molecule has 0 amide bonds. The molecule has 0 saturated heterocycles. The smallest absolute Gasteiger partial charge is 0.416 e. The van der Waals surface area contributed by atoms with Gasteiger partial charge in [0.2, 0.25) is 0 Å². The third-order valence-electron chi connectivity index (χ3n) is 4.50. The van der Waals surface area contributed by atoms with Crippen LogP contribution in [0.1, 0.15) is 22.4 Å². The summed E-state index contributed by atoms with van der Waals surface area (Å²) >= 11 is 0. The maximum atomic E-state index is 14.1. The van der Waals surface area contributed by atoms with Crippen LogP contribution >= 0.6 is 0 Å². The van der Waals surface area contributed by atoms with E-state index in [1.54, 1.807) is 36.4 Å². The number of hydrogen-bond acceptors (Lipinski definition) is 3. The fraction of sp³-hybridized carbons (Fsp3) is 0.190. The summed E-state index contributed by atoms with van der Waals surface area (Å²) in [5, 5.41) is 0. The Hall–Kier alpha value is -2.93. The molecule has 0 aliphatic carbocycles. The molecule has 3 rings (SSSR count). The molecule has 0 bridgehead atoms. The Balaban J connectivity index is 2.17. The Labute approximate surface area is 159 Å². The molecule has 1 unspecified atom stereocenters. The van der Waals surface area contributed by atoms with E-state index in [0.29, 0.717) is 17.5 Å². The van der Waals surface area contributed by atoms with E-state index in [9.17, 15) is 17.6 Å². The van der Waals surface area contributed by atoms with Gasteiger partial charge in [0.25, 0.3) is 0 Å². The van der Waals surface area contributed by atoms with Crippen molar-refractivity contribution in [2.24, 2.45) is 5.73 Å². The van der Waals surface area contributed by atoms with E-state index in [0.717, 1.165) is 17.7 Å². The van der Waals surface area contributed by atoms with Gasteiger partial charge in [-0.15, -0.1) is 0 Å². The summed E-state index contributed by atoms with van der Waals surface area (Å²) in [6.45, 7) is 0. The lowest BCUT2D eigenvalue weighted by Gasteiger charge is -2.30. The molecule has 3 nitrogen and oxygen atoms in total. The SMILES string of the molecule is COc1ccc(C(N)(Cc2ccccc2)c2cc(F)cc(C(F)(F)F)c2)nc1. The number of alkyl halides is 3. The summed E-state index contributed by atoms with van der Waals surface area (Å²) in [4.78, 5) is 4.26. The molecule has 0 fully saturated rings. The molecule has 3 aromatic rings. The Morgan fingerprint density at radius 1 is 0.964 bits per heavy atom. The molecule has 1 aromatic heterocycles. The second kappa shape index (κ2) is 7.59. The molecule has 7 heteroatoms. The van der Waals surface area contributed by atoms with Crippen LogP contribution in [0.3, 0.4) is 0 Å². The first-order chi connectivity index (χ1) is 13.2. The van der Waals surface area contributed by atoms with Gasteiger partial charge in [-0.2, -0.15) is 13.2 Å². The summed E-state index contributed by atoms with van der Waals surface area (Å²) < 4.78 is 58.8. The van der Waals surface area contributed by atoms with E-state index in [1.807, 2.05) is 6.07 Å². The lowest BCUT2D eigenvalue weighted by Crippen LogP contribution is -2.41. The number of aromatic nitrogens is 1. The van der Waals surface area contributed by atoms with Gasteiger partial charge in [0.1, 0.15) is 11.6 Å². The molecule has 1 atom stereocenters. The Kier molecular flexibility index (Phi) is 5.38. The Morgan fingerprint density at radius 3 is 2.21 bits per heavy atom. The minimum absolute atomic E-state index is 0.0126. The lowest BCUT2D eigenvalue weighted by atomic mass is 9.81. The van der Waals surface area contributed by atoms with Gasteiger partial charge in [0.15, 0.2) is 0 Å². The zero-order chi connectivity index (χ0) is 20.4. The highest BCUT2D eigenvalue weighted by molar-refractivity contribution is 5.41. The van der Waals surface area contributed by atoms with Gasteiger partial charge in [0, 0.05) is 6.42 Å². The molecule has 146 valence electrons. The van der Waals surface area contributed by atoms with Crippen LogP contribution in [-0.4, -0.2) is 12.1 Å². The zero-order valence-corrected chi connectivity index (χ0v) is 15.0. The first-order valence-electron chi connectivity index (χ1n) is 8.44. The van der Waals surface area contributed by atoms with Crippen LogP contribution in [-0.2, 0) is 18.1 Å². The number of ether oxygens (including phenoxy) is 1. The van der Waals surface area contributed by atoms with Gasteiger partial charge in [-0.3, -0.25) is 4.98 Å². The van der Waals surface area contributed by atoms with Crippen LogP contribution in [0, 0.1) is 5.82 Å². The molecule has 0 aliphatic rings. The second-order valence-corrected chi connectivity index (χ2v) is 6.44. The molecular weight excluding hydrogens is 372 g/mol. The quantitative estimate of drug-likeness (QED) is 0.643. The van der Waals surface area contributed by atoms with Gasteiger partial charge in [0.05, 0.1) is 30.1 Å². The van der Waals surface area contributed by atoms with E-state index in [4.69, 9.17) is 10.5 Å². The van der Waals surface area contributed by atoms with Crippen LogP contribution in [0.15, 0.2) is 66.9 Å². The van der Waals surface area contributed by atoms with Crippen LogP contribution < -0.4 is 10.5 Å². The monoisotopic (exact) mass is 390 g/mol. The van der Waals surface area contributed by atoms with Crippen molar-refractivity contribution in [3.63, 3.8) is 0 Å². The number of nitrogens with two attached hydrogens (primary N) is 1. The standard InChI is InChI=1S/C21H18F4N2O/c1-28-18-7-8-19(27-13-18)20(26,12-14-5-3-2-4-6-14)15-9-16(21(23,24)25)11-17(22)10-15/h2-11,13H,12,26H2,1H3. The van der Waals surface area contributed by atoms with Gasteiger partial charge in [-0.25, -0.2) is 4.39 Å². The second-order valence-electron chi connectivity index (χ2n) is 6.44. The maximum Gasteiger partial charge on any atom is 0.416 e. The van der Waals surface area contributed by atoms with Gasteiger partial charge >= 0.3 is 6.18 Å². The largest absolute Gasteiger partial charge is 0.495 e. The first-order valence-corrected chi connectivity index (χ1v) is 8.44. The summed E-state index contributed by atoms with van der Waals surface area (Å²) in [6, 6.07) is 14.5. The number of benzene rings is 2. The van der Waals surface area contributed by atoms with Gasteiger partial charge in [-0.1, -0.05) is 30.3 Å². The summed E-state index contributed by atoms with van der Waals surface area (Å²) in [7, 11) is 1.47. The molecule has 0 spiro atoms. The van der Waals surface area contributed by atoms with Crippen molar-refractivity contribution in [3.05, 3.63) is 95.1 Å². The third kappa shape index (κ3) is 4.14. The average molecular weight is 390 g/mol. The molecule has 28 heavy (non-hydrogen) atoms. The van der Waals surface area contributed by atoms with Crippen LogP contribution in [0.4, 0.5) is 17.6 Å².